The monoisotopic (exact) mass is 372 g/mol. The Labute approximate surface area is 158 Å². The second-order valence-electron chi connectivity index (χ2n) is 6.26. The summed E-state index contributed by atoms with van der Waals surface area (Å²) in [6.45, 7) is 4.25. The predicted molar refractivity (Wildman–Crippen MR) is 102 cm³/mol. The molecule has 2 aromatic carbocycles. The van der Waals surface area contributed by atoms with Crippen molar-refractivity contribution in [2.45, 2.75) is 6.92 Å². The summed E-state index contributed by atoms with van der Waals surface area (Å²) in [5, 5.41) is 0.708. The Kier molecular flexibility index (Phi) is 5.78. The Morgan fingerprint density at radius 3 is 2.31 bits per heavy atom. The van der Waals surface area contributed by atoms with Crippen LogP contribution in [-0.4, -0.2) is 49.6 Å². The van der Waals surface area contributed by atoms with Crippen LogP contribution in [0.4, 0.5) is 5.69 Å². The molecular formula is C20H21ClN2O3. The zero-order valence-corrected chi connectivity index (χ0v) is 15.4. The highest BCUT2D eigenvalue weighted by Crippen LogP contribution is 2.26. The molecule has 1 heterocycles. The summed E-state index contributed by atoms with van der Waals surface area (Å²) in [4.78, 5) is 28.2. The minimum Gasteiger partial charge on any atom is -0.452 e. The van der Waals surface area contributed by atoms with E-state index in [9.17, 15) is 9.59 Å². The highest BCUT2D eigenvalue weighted by atomic mass is 35.5. The van der Waals surface area contributed by atoms with Gasteiger partial charge in [-0.05, 0) is 31.2 Å². The third-order valence-electron chi connectivity index (χ3n) is 4.44. The number of hydrogen-bond donors (Lipinski definition) is 0. The predicted octanol–water partition coefficient (Wildman–Crippen LogP) is 3.15. The SMILES string of the molecule is Cc1ccc(C(=O)OCC(=O)N2CCN(c3ccccc3Cl)CC2)cc1. The second kappa shape index (κ2) is 8.23. The van der Waals surface area contributed by atoms with Gasteiger partial charge in [0.05, 0.1) is 16.3 Å². The fourth-order valence-corrected chi connectivity index (χ4v) is 3.15. The van der Waals surface area contributed by atoms with Gasteiger partial charge in [-0.15, -0.1) is 0 Å². The van der Waals surface area contributed by atoms with Gasteiger partial charge in [-0.25, -0.2) is 4.79 Å². The molecule has 136 valence electrons. The van der Waals surface area contributed by atoms with Crippen molar-refractivity contribution in [2.75, 3.05) is 37.7 Å². The normalized spacial score (nSPS) is 14.2. The maximum absolute atomic E-state index is 12.3. The van der Waals surface area contributed by atoms with E-state index in [-0.39, 0.29) is 12.5 Å². The van der Waals surface area contributed by atoms with Crippen LogP contribution in [0.15, 0.2) is 48.5 Å². The molecule has 2 aromatic rings. The number of piperazine rings is 1. The number of aryl methyl sites for hydroxylation is 1. The van der Waals surface area contributed by atoms with E-state index in [0.717, 1.165) is 11.3 Å². The average molecular weight is 373 g/mol. The first-order valence-corrected chi connectivity index (χ1v) is 8.93. The fourth-order valence-electron chi connectivity index (χ4n) is 2.90. The van der Waals surface area contributed by atoms with Gasteiger partial charge in [0.1, 0.15) is 0 Å². The number of rotatable bonds is 4. The van der Waals surface area contributed by atoms with Gasteiger partial charge < -0.3 is 14.5 Å². The van der Waals surface area contributed by atoms with Crippen molar-refractivity contribution in [1.82, 2.24) is 4.90 Å². The van der Waals surface area contributed by atoms with Gasteiger partial charge in [0, 0.05) is 26.2 Å². The number of esters is 1. The average Bonchev–Trinajstić information content (AvgIpc) is 2.67. The van der Waals surface area contributed by atoms with Crippen molar-refractivity contribution in [1.29, 1.82) is 0 Å². The molecule has 5 nitrogen and oxygen atoms in total. The van der Waals surface area contributed by atoms with Crippen LogP contribution < -0.4 is 4.90 Å². The van der Waals surface area contributed by atoms with Crippen LogP contribution in [0.1, 0.15) is 15.9 Å². The number of anilines is 1. The van der Waals surface area contributed by atoms with Crippen LogP contribution in [0.25, 0.3) is 0 Å². The first kappa shape index (κ1) is 18.3. The van der Waals surface area contributed by atoms with Gasteiger partial charge in [0.15, 0.2) is 6.61 Å². The molecule has 0 radical (unpaired) electrons. The fraction of sp³-hybridized carbons (Fsp3) is 0.300. The lowest BCUT2D eigenvalue weighted by Crippen LogP contribution is -2.50. The number of benzene rings is 2. The third-order valence-corrected chi connectivity index (χ3v) is 4.76. The topological polar surface area (TPSA) is 49.9 Å². The van der Waals surface area contributed by atoms with Crippen LogP contribution >= 0.6 is 11.6 Å². The lowest BCUT2D eigenvalue weighted by molar-refractivity contribution is -0.134. The van der Waals surface area contributed by atoms with Gasteiger partial charge in [-0.1, -0.05) is 41.4 Å². The molecule has 6 heteroatoms. The van der Waals surface area contributed by atoms with Crippen molar-refractivity contribution < 1.29 is 14.3 Å². The zero-order valence-electron chi connectivity index (χ0n) is 14.7. The highest BCUT2D eigenvalue weighted by Gasteiger charge is 2.23. The summed E-state index contributed by atoms with van der Waals surface area (Å²) < 4.78 is 5.15. The Morgan fingerprint density at radius 1 is 1.00 bits per heavy atom. The Morgan fingerprint density at radius 2 is 1.65 bits per heavy atom. The molecule has 0 unspecified atom stereocenters. The van der Waals surface area contributed by atoms with Crippen molar-refractivity contribution in [2.24, 2.45) is 0 Å². The van der Waals surface area contributed by atoms with Crippen LogP contribution in [0, 0.1) is 6.92 Å². The number of amides is 1. The van der Waals surface area contributed by atoms with E-state index in [1.54, 1.807) is 17.0 Å². The molecule has 0 aliphatic carbocycles. The molecule has 0 saturated carbocycles. The van der Waals surface area contributed by atoms with Crippen LogP contribution in [0.5, 0.6) is 0 Å². The summed E-state index contributed by atoms with van der Waals surface area (Å²) in [7, 11) is 0. The van der Waals surface area contributed by atoms with Gasteiger partial charge in [0.25, 0.3) is 5.91 Å². The van der Waals surface area contributed by atoms with Crippen molar-refractivity contribution in [3.63, 3.8) is 0 Å². The van der Waals surface area contributed by atoms with Crippen molar-refractivity contribution >= 4 is 29.2 Å². The van der Waals surface area contributed by atoms with Gasteiger partial charge >= 0.3 is 5.97 Å². The minimum atomic E-state index is -0.479. The molecular weight excluding hydrogens is 352 g/mol. The number of nitrogens with zero attached hydrogens (tertiary/aromatic N) is 2. The summed E-state index contributed by atoms with van der Waals surface area (Å²) >= 11 is 6.23. The van der Waals surface area contributed by atoms with E-state index >= 15 is 0 Å². The smallest absolute Gasteiger partial charge is 0.338 e. The molecule has 1 saturated heterocycles. The second-order valence-corrected chi connectivity index (χ2v) is 6.67. The largest absolute Gasteiger partial charge is 0.452 e. The molecule has 0 atom stereocenters. The molecule has 1 aliphatic rings. The standard InChI is InChI=1S/C20H21ClN2O3/c1-15-6-8-16(9-7-15)20(25)26-14-19(24)23-12-10-22(11-13-23)18-5-3-2-4-17(18)21/h2-9H,10-14H2,1H3. The molecule has 0 bridgehead atoms. The van der Waals surface area contributed by atoms with E-state index in [0.29, 0.717) is 36.8 Å². The van der Waals surface area contributed by atoms with E-state index < -0.39 is 5.97 Å². The highest BCUT2D eigenvalue weighted by molar-refractivity contribution is 6.33. The minimum absolute atomic E-state index is 0.177. The number of para-hydroxylation sites is 1. The number of carbonyl (C=O) groups excluding carboxylic acids is 2. The zero-order chi connectivity index (χ0) is 18.5. The maximum Gasteiger partial charge on any atom is 0.338 e. The molecule has 0 N–H and O–H groups in total. The van der Waals surface area contributed by atoms with Crippen molar-refractivity contribution in [3.8, 4) is 0 Å². The quantitative estimate of drug-likeness (QED) is 0.773. The summed E-state index contributed by atoms with van der Waals surface area (Å²) in [5.74, 6) is -0.655. The maximum atomic E-state index is 12.3. The summed E-state index contributed by atoms with van der Waals surface area (Å²) in [6.07, 6.45) is 0. The van der Waals surface area contributed by atoms with E-state index in [1.807, 2.05) is 43.3 Å². The molecule has 0 spiro atoms. The lowest BCUT2D eigenvalue weighted by Gasteiger charge is -2.36. The third kappa shape index (κ3) is 4.35. The first-order valence-electron chi connectivity index (χ1n) is 8.55. The van der Waals surface area contributed by atoms with Crippen LogP contribution in [0.2, 0.25) is 5.02 Å². The summed E-state index contributed by atoms with van der Waals surface area (Å²) in [6, 6.07) is 14.8. The molecule has 1 amide bonds. The number of hydrogen-bond acceptors (Lipinski definition) is 4. The molecule has 3 rings (SSSR count). The first-order chi connectivity index (χ1) is 12.5. The van der Waals surface area contributed by atoms with E-state index in [4.69, 9.17) is 16.3 Å². The van der Waals surface area contributed by atoms with Crippen LogP contribution in [0.3, 0.4) is 0 Å². The molecule has 1 fully saturated rings. The van der Waals surface area contributed by atoms with Gasteiger partial charge in [-0.3, -0.25) is 4.79 Å². The van der Waals surface area contributed by atoms with Gasteiger partial charge in [-0.2, -0.15) is 0 Å². The molecule has 26 heavy (non-hydrogen) atoms. The summed E-state index contributed by atoms with van der Waals surface area (Å²) in [5.41, 5.74) is 2.49. The Bertz CT molecular complexity index is 784. The number of carbonyl (C=O) groups is 2. The Hall–Kier alpha value is -2.53. The van der Waals surface area contributed by atoms with Crippen molar-refractivity contribution in [3.05, 3.63) is 64.7 Å². The Balaban J connectivity index is 1.48. The lowest BCUT2D eigenvalue weighted by atomic mass is 10.1. The van der Waals surface area contributed by atoms with E-state index in [1.165, 1.54) is 0 Å². The van der Waals surface area contributed by atoms with E-state index in [2.05, 4.69) is 4.90 Å². The molecule has 1 aliphatic heterocycles. The molecule has 0 aromatic heterocycles. The van der Waals surface area contributed by atoms with Crippen LogP contribution in [-0.2, 0) is 9.53 Å². The van der Waals surface area contributed by atoms with Gasteiger partial charge in [0.2, 0.25) is 0 Å². The number of ether oxygens (including phenoxy) is 1. The number of halogens is 1.